The molecule has 2 nitrogen and oxygen atoms in total. The van der Waals surface area contributed by atoms with E-state index < -0.39 is 0 Å². The molecule has 1 aromatic heterocycles. The van der Waals surface area contributed by atoms with E-state index >= 15 is 0 Å². The summed E-state index contributed by atoms with van der Waals surface area (Å²) in [5.41, 5.74) is 12.3. The number of aromatic nitrogens is 1. The fourth-order valence-electron chi connectivity index (χ4n) is 1.65. The molecule has 3 heteroatoms. The van der Waals surface area contributed by atoms with E-state index in [4.69, 9.17) is 5.73 Å². The summed E-state index contributed by atoms with van der Waals surface area (Å²) in [4.78, 5) is 5.51. The van der Waals surface area contributed by atoms with Gasteiger partial charge in [0.25, 0.3) is 0 Å². The summed E-state index contributed by atoms with van der Waals surface area (Å²) in [6.45, 7) is 4.74. The van der Waals surface area contributed by atoms with Gasteiger partial charge < -0.3 is 5.73 Å². The van der Waals surface area contributed by atoms with Crippen LogP contribution in [-0.4, -0.2) is 4.98 Å². The van der Waals surface area contributed by atoms with Crippen molar-refractivity contribution in [2.24, 2.45) is 5.73 Å². The molecule has 15 heavy (non-hydrogen) atoms. The predicted molar refractivity (Wildman–Crippen MR) is 64.9 cm³/mol. The van der Waals surface area contributed by atoms with Crippen LogP contribution in [0, 0.1) is 13.8 Å². The fraction of sp³-hybridized carbons (Fsp3) is 0.250. The van der Waals surface area contributed by atoms with Gasteiger partial charge in [-0.1, -0.05) is 18.2 Å². The van der Waals surface area contributed by atoms with Gasteiger partial charge in [0.15, 0.2) is 0 Å². The van der Waals surface area contributed by atoms with Crippen LogP contribution in [0.3, 0.4) is 0 Å². The second-order valence-corrected chi connectivity index (χ2v) is 4.47. The van der Waals surface area contributed by atoms with Crippen LogP contribution < -0.4 is 5.73 Å². The van der Waals surface area contributed by atoms with Crippen molar-refractivity contribution in [1.82, 2.24) is 4.98 Å². The summed E-state index contributed by atoms with van der Waals surface area (Å²) in [5, 5.41) is 0. The van der Waals surface area contributed by atoms with E-state index in [0.717, 1.165) is 5.69 Å². The Morgan fingerprint density at radius 1 is 1.33 bits per heavy atom. The molecule has 1 aromatic carbocycles. The molecule has 0 spiro atoms. The lowest BCUT2D eigenvalue weighted by Crippen LogP contribution is -1.98. The normalized spacial score (nSPS) is 10.6. The molecule has 0 amide bonds. The van der Waals surface area contributed by atoms with Gasteiger partial charge in [0.2, 0.25) is 0 Å². The van der Waals surface area contributed by atoms with Crippen LogP contribution in [0.25, 0.3) is 10.4 Å². The number of benzene rings is 1. The number of nitrogens with two attached hydrogens (primary N) is 1. The molecule has 2 aromatic rings. The summed E-state index contributed by atoms with van der Waals surface area (Å²) < 4.78 is 0. The number of hydrogen-bond acceptors (Lipinski definition) is 3. The first-order valence-electron chi connectivity index (χ1n) is 4.92. The molecule has 0 radical (unpaired) electrons. The quantitative estimate of drug-likeness (QED) is 0.841. The Kier molecular flexibility index (Phi) is 2.84. The average molecular weight is 218 g/mol. The SMILES string of the molecule is Cc1cc(-c2scnc2C)ccc1CN. The third-order valence-corrected chi connectivity index (χ3v) is 3.55. The average Bonchev–Trinajstić information content (AvgIpc) is 2.64. The van der Waals surface area contributed by atoms with Crippen LogP contribution in [0.15, 0.2) is 23.7 Å². The monoisotopic (exact) mass is 218 g/mol. The zero-order chi connectivity index (χ0) is 10.8. The van der Waals surface area contributed by atoms with Crippen molar-refractivity contribution < 1.29 is 0 Å². The van der Waals surface area contributed by atoms with Gasteiger partial charge in [0, 0.05) is 6.54 Å². The first-order chi connectivity index (χ1) is 7.22. The lowest BCUT2D eigenvalue weighted by Gasteiger charge is -2.05. The van der Waals surface area contributed by atoms with Gasteiger partial charge in [-0.3, -0.25) is 0 Å². The first-order valence-corrected chi connectivity index (χ1v) is 5.80. The van der Waals surface area contributed by atoms with E-state index in [9.17, 15) is 0 Å². The van der Waals surface area contributed by atoms with Gasteiger partial charge in [-0.15, -0.1) is 11.3 Å². The zero-order valence-corrected chi connectivity index (χ0v) is 9.77. The maximum absolute atomic E-state index is 5.64. The standard InChI is InChI=1S/C12H14N2S/c1-8-5-10(3-4-11(8)6-13)12-9(2)14-7-15-12/h3-5,7H,6,13H2,1-2H3. The molecule has 0 aliphatic carbocycles. The van der Waals surface area contributed by atoms with Crippen molar-refractivity contribution in [2.45, 2.75) is 20.4 Å². The van der Waals surface area contributed by atoms with E-state index in [1.165, 1.54) is 21.6 Å². The van der Waals surface area contributed by atoms with Crippen molar-refractivity contribution >= 4 is 11.3 Å². The van der Waals surface area contributed by atoms with E-state index in [1.54, 1.807) is 11.3 Å². The highest BCUT2D eigenvalue weighted by atomic mass is 32.1. The third kappa shape index (κ3) is 1.94. The highest BCUT2D eigenvalue weighted by Gasteiger charge is 2.05. The van der Waals surface area contributed by atoms with E-state index in [0.29, 0.717) is 6.54 Å². The van der Waals surface area contributed by atoms with Gasteiger partial charge in [0.05, 0.1) is 16.1 Å². The Bertz CT molecular complexity index is 474. The largest absolute Gasteiger partial charge is 0.326 e. The summed E-state index contributed by atoms with van der Waals surface area (Å²) in [5.74, 6) is 0. The van der Waals surface area contributed by atoms with Crippen LogP contribution in [0.5, 0.6) is 0 Å². The van der Waals surface area contributed by atoms with Crippen LogP contribution in [-0.2, 0) is 6.54 Å². The Hall–Kier alpha value is -1.19. The second-order valence-electron chi connectivity index (χ2n) is 3.61. The highest BCUT2D eigenvalue weighted by Crippen LogP contribution is 2.28. The Morgan fingerprint density at radius 2 is 2.13 bits per heavy atom. The Balaban J connectivity index is 2.47. The van der Waals surface area contributed by atoms with Crippen molar-refractivity contribution in [3.8, 4) is 10.4 Å². The first kappa shape index (κ1) is 10.3. The van der Waals surface area contributed by atoms with Gasteiger partial charge in [-0.05, 0) is 30.5 Å². The third-order valence-electron chi connectivity index (χ3n) is 2.57. The molecule has 78 valence electrons. The fourth-order valence-corrected chi connectivity index (χ4v) is 2.45. The maximum Gasteiger partial charge on any atom is 0.0801 e. The molecule has 2 rings (SSSR count). The summed E-state index contributed by atoms with van der Waals surface area (Å²) in [6, 6.07) is 6.40. The maximum atomic E-state index is 5.64. The molecule has 0 fully saturated rings. The van der Waals surface area contributed by atoms with E-state index in [1.807, 2.05) is 12.4 Å². The number of aryl methyl sites for hydroxylation is 2. The lowest BCUT2D eigenvalue weighted by molar-refractivity contribution is 1.05. The van der Waals surface area contributed by atoms with Crippen molar-refractivity contribution in [1.29, 1.82) is 0 Å². The molecule has 1 heterocycles. The zero-order valence-electron chi connectivity index (χ0n) is 8.95. The molecule has 0 saturated heterocycles. The molecule has 0 unspecified atom stereocenters. The van der Waals surface area contributed by atoms with Gasteiger partial charge in [0.1, 0.15) is 0 Å². The number of thiazole rings is 1. The van der Waals surface area contributed by atoms with E-state index in [-0.39, 0.29) is 0 Å². The molecule has 0 saturated carbocycles. The van der Waals surface area contributed by atoms with Crippen LogP contribution in [0.2, 0.25) is 0 Å². The van der Waals surface area contributed by atoms with Gasteiger partial charge in [-0.2, -0.15) is 0 Å². The highest BCUT2D eigenvalue weighted by molar-refractivity contribution is 7.13. The minimum absolute atomic E-state index is 0.605. The lowest BCUT2D eigenvalue weighted by atomic mass is 10.0. The molecule has 0 aliphatic heterocycles. The van der Waals surface area contributed by atoms with Crippen molar-refractivity contribution in [3.63, 3.8) is 0 Å². The number of rotatable bonds is 2. The van der Waals surface area contributed by atoms with E-state index in [2.05, 4.69) is 30.1 Å². The molecular formula is C12H14N2S. The Morgan fingerprint density at radius 3 is 2.67 bits per heavy atom. The smallest absolute Gasteiger partial charge is 0.0801 e. The topological polar surface area (TPSA) is 38.9 Å². The molecular weight excluding hydrogens is 204 g/mol. The number of nitrogens with zero attached hydrogens (tertiary/aromatic N) is 1. The molecule has 0 atom stereocenters. The summed E-state index contributed by atoms with van der Waals surface area (Å²) >= 11 is 1.68. The van der Waals surface area contributed by atoms with Crippen LogP contribution in [0.4, 0.5) is 0 Å². The van der Waals surface area contributed by atoms with Crippen LogP contribution >= 0.6 is 11.3 Å². The number of hydrogen-bond donors (Lipinski definition) is 1. The molecule has 0 bridgehead atoms. The summed E-state index contributed by atoms with van der Waals surface area (Å²) in [6.07, 6.45) is 0. The van der Waals surface area contributed by atoms with Crippen molar-refractivity contribution in [3.05, 3.63) is 40.5 Å². The minimum Gasteiger partial charge on any atom is -0.326 e. The molecule has 2 N–H and O–H groups in total. The van der Waals surface area contributed by atoms with Crippen molar-refractivity contribution in [2.75, 3.05) is 0 Å². The van der Waals surface area contributed by atoms with Gasteiger partial charge in [-0.25, -0.2) is 4.98 Å². The molecule has 0 aliphatic rings. The van der Waals surface area contributed by atoms with Gasteiger partial charge >= 0.3 is 0 Å². The second kappa shape index (κ2) is 4.13. The Labute approximate surface area is 93.8 Å². The predicted octanol–water partition coefficient (Wildman–Crippen LogP) is 2.89. The minimum atomic E-state index is 0.605. The summed E-state index contributed by atoms with van der Waals surface area (Å²) in [7, 11) is 0. The van der Waals surface area contributed by atoms with Crippen LogP contribution in [0.1, 0.15) is 16.8 Å².